The van der Waals surface area contributed by atoms with Gasteiger partial charge in [0.05, 0.1) is 5.75 Å². The van der Waals surface area contributed by atoms with Gasteiger partial charge in [0, 0.05) is 0 Å². The zero-order chi connectivity index (χ0) is 10.4. The maximum atomic E-state index is 11.3. The zero-order valence-corrected chi connectivity index (χ0v) is 12.0. The Hall–Kier alpha value is -0.0300. The zero-order valence-electron chi connectivity index (χ0n) is 10.1. The van der Waals surface area contributed by atoms with Gasteiger partial charge in [-0.2, -0.15) is 8.42 Å². The second kappa shape index (κ2) is 7.28. The van der Waals surface area contributed by atoms with E-state index in [-0.39, 0.29) is 36.7 Å². The topological polar surface area (TPSA) is 43.4 Å². The Bertz CT molecular complexity index is 367. The summed E-state index contributed by atoms with van der Waals surface area (Å²) in [6.45, 7) is 1.94. The van der Waals surface area contributed by atoms with Crippen molar-refractivity contribution >= 4 is 10.1 Å². The molecule has 0 heterocycles. The molecule has 3 nitrogen and oxygen atoms in total. The van der Waals surface area contributed by atoms with Gasteiger partial charge in [-0.1, -0.05) is 31.5 Å². The van der Waals surface area contributed by atoms with Gasteiger partial charge in [0.15, 0.2) is 0 Å². The average molecular weight is 238 g/mol. The number of para-hydroxylation sites is 1. The molecule has 0 amide bonds. The average Bonchev–Trinajstić information content (AvgIpc) is 2.16. The van der Waals surface area contributed by atoms with E-state index in [1.165, 1.54) is 0 Å². The smallest absolute Gasteiger partial charge is 1.00 e. The van der Waals surface area contributed by atoms with E-state index in [1.807, 2.05) is 13.0 Å². The molecule has 0 unspecified atom stereocenters. The molecule has 0 aliphatic rings. The summed E-state index contributed by atoms with van der Waals surface area (Å²) in [6, 6.07) is 8.55. The fourth-order valence-corrected chi connectivity index (χ4v) is 2.12. The van der Waals surface area contributed by atoms with E-state index < -0.39 is 10.1 Å². The van der Waals surface area contributed by atoms with Gasteiger partial charge >= 0.3 is 39.7 Å². The van der Waals surface area contributed by atoms with Gasteiger partial charge in [-0.25, -0.2) is 0 Å². The molecule has 0 aliphatic carbocycles. The van der Waals surface area contributed by atoms with E-state index in [0.29, 0.717) is 12.2 Å². The summed E-state index contributed by atoms with van der Waals surface area (Å²) < 4.78 is 27.5. The SMILES string of the molecule is CCCCS(=O)(=O)Oc1ccccc1.[H-].[Na+]. The van der Waals surface area contributed by atoms with Crippen LogP contribution in [0.2, 0.25) is 0 Å². The van der Waals surface area contributed by atoms with Crippen molar-refractivity contribution in [2.24, 2.45) is 0 Å². The van der Waals surface area contributed by atoms with Gasteiger partial charge < -0.3 is 5.61 Å². The van der Waals surface area contributed by atoms with Crippen molar-refractivity contribution in [3.8, 4) is 5.75 Å². The molecule has 0 saturated carbocycles. The summed E-state index contributed by atoms with van der Waals surface area (Å²) in [5, 5.41) is 0. The maximum absolute atomic E-state index is 11.3. The molecule has 0 aliphatic heterocycles. The Morgan fingerprint density at radius 3 is 2.40 bits per heavy atom. The number of hydrogen-bond acceptors (Lipinski definition) is 3. The molecule has 0 fully saturated rings. The molecule has 15 heavy (non-hydrogen) atoms. The number of unbranched alkanes of at least 4 members (excludes halogenated alkanes) is 1. The first-order chi connectivity index (χ1) is 6.64. The summed E-state index contributed by atoms with van der Waals surface area (Å²) in [7, 11) is -3.40. The van der Waals surface area contributed by atoms with Gasteiger partial charge in [-0.3, -0.25) is 0 Å². The largest absolute Gasteiger partial charge is 1.00 e. The van der Waals surface area contributed by atoms with Gasteiger partial charge in [-0.05, 0) is 18.6 Å². The Morgan fingerprint density at radius 2 is 1.87 bits per heavy atom. The quantitative estimate of drug-likeness (QED) is 0.504. The molecular weight excluding hydrogens is 223 g/mol. The van der Waals surface area contributed by atoms with Crippen LogP contribution < -0.4 is 33.7 Å². The number of rotatable bonds is 5. The monoisotopic (exact) mass is 238 g/mol. The van der Waals surface area contributed by atoms with Crippen LogP contribution in [0.25, 0.3) is 0 Å². The molecule has 0 radical (unpaired) electrons. The van der Waals surface area contributed by atoms with Crippen molar-refractivity contribution < 1.29 is 43.6 Å². The molecule has 0 atom stereocenters. The fraction of sp³-hybridized carbons (Fsp3) is 0.400. The summed E-state index contributed by atoms with van der Waals surface area (Å²) in [4.78, 5) is 0. The third-order valence-electron chi connectivity index (χ3n) is 1.71. The van der Waals surface area contributed by atoms with Crippen LogP contribution in [0.3, 0.4) is 0 Å². The molecule has 1 aromatic rings. The number of benzene rings is 1. The van der Waals surface area contributed by atoms with Crippen molar-refractivity contribution in [1.82, 2.24) is 0 Å². The second-order valence-corrected chi connectivity index (χ2v) is 4.70. The Labute approximate surface area is 115 Å². The van der Waals surface area contributed by atoms with E-state index >= 15 is 0 Å². The predicted octanol–water partition coefficient (Wildman–Crippen LogP) is -0.688. The third-order valence-corrected chi connectivity index (χ3v) is 2.95. The fourth-order valence-electron chi connectivity index (χ4n) is 0.985. The van der Waals surface area contributed by atoms with Crippen molar-refractivity contribution in [1.29, 1.82) is 0 Å². The minimum atomic E-state index is -3.40. The molecular formula is C10H15NaO3S. The van der Waals surface area contributed by atoms with Crippen LogP contribution in [-0.2, 0) is 10.1 Å². The van der Waals surface area contributed by atoms with Crippen LogP contribution in [0.5, 0.6) is 5.75 Å². The minimum absolute atomic E-state index is 0. The van der Waals surface area contributed by atoms with Crippen molar-refractivity contribution in [2.45, 2.75) is 19.8 Å². The van der Waals surface area contributed by atoms with Crippen molar-refractivity contribution in [3.05, 3.63) is 30.3 Å². The van der Waals surface area contributed by atoms with E-state index in [0.717, 1.165) is 6.42 Å². The minimum Gasteiger partial charge on any atom is -1.00 e. The first-order valence-corrected chi connectivity index (χ1v) is 6.19. The second-order valence-electron chi connectivity index (χ2n) is 3.01. The first kappa shape index (κ1) is 15.0. The van der Waals surface area contributed by atoms with Crippen LogP contribution in [0.15, 0.2) is 30.3 Å². The molecule has 0 spiro atoms. The van der Waals surface area contributed by atoms with Crippen LogP contribution >= 0.6 is 0 Å². The predicted molar refractivity (Wildman–Crippen MR) is 56.9 cm³/mol. The Kier molecular flexibility index (Phi) is 7.26. The van der Waals surface area contributed by atoms with E-state index in [1.54, 1.807) is 24.3 Å². The van der Waals surface area contributed by atoms with E-state index in [2.05, 4.69) is 0 Å². The van der Waals surface area contributed by atoms with E-state index in [9.17, 15) is 8.42 Å². The van der Waals surface area contributed by atoms with Crippen LogP contribution in [0, 0.1) is 0 Å². The summed E-state index contributed by atoms with van der Waals surface area (Å²) in [5.74, 6) is 0.460. The third kappa shape index (κ3) is 6.20. The Balaban J connectivity index is 0. The normalized spacial score (nSPS) is 10.5. The molecule has 5 heteroatoms. The maximum Gasteiger partial charge on any atom is 1.00 e. The summed E-state index contributed by atoms with van der Waals surface area (Å²) >= 11 is 0. The molecule has 80 valence electrons. The van der Waals surface area contributed by atoms with Crippen LogP contribution in [0.1, 0.15) is 21.2 Å². The molecule has 1 rings (SSSR count). The van der Waals surface area contributed by atoms with Crippen LogP contribution in [-0.4, -0.2) is 14.2 Å². The van der Waals surface area contributed by atoms with Crippen molar-refractivity contribution in [3.63, 3.8) is 0 Å². The standard InChI is InChI=1S/C10H14O3S.Na.H/c1-2-3-9-14(11,12)13-10-7-5-4-6-8-10;;/h4-8H,2-3,9H2,1H3;;/q;+1;-1. The van der Waals surface area contributed by atoms with Gasteiger partial charge in [0.1, 0.15) is 5.75 Å². The summed E-state index contributed by atoms with van der Waals surface area (Å²) in [5.41, 5.74) is 0. The molecule has 0 N–H and O–H groups in total. The Morgan fingerprint density at radius 1 is 1.27 bits per heavy atom. The molecule has 0 saturated heterocycles. The van der Waals surface area contributed by atoms with Gasteiger partial charge in [0.25, 0.3) is 0 Å². The molecule has 0 aromatic heterocycles. The van der Waals surface area contributed by atoms with Gasteiger partial charge in [-0.15, -0.1) is 0 Å². The van der Waals surface area contributed by atoms with Crippen LogP contribution in [0.4, 0.5) is 0 Å². The molecule has 1 aromatic carbocycles. The summed E-state index contributed by atoms with van der Waals surface area (Å²) in [6.07, 6.45) is 1.48. The van der Waals surface area contributed by atoms with Gasteiger partial charge in [0.2, 0.25) is 0 Å². The first-order valence-electron chi connectivity index (χ1n) is 4.61. The number of hydrogen-bond donors (Lipinski definition) is 0. The van der Waals surface area contributed by atoms with E-state index in [4.69, 9.17) is 4.18 Å². The van der Waals surface area contributed by atoms with Crippen molar-refractivity contribution in [2.75, 3.05) is 5.75 Å². The molecule has 0 bridgehead atoms.